The van der Waals surface area contributed by atoms with Crippen LogP contribution in [0.1, 0.15) is 46.7 Å². The number of carbonyl (C=O) groups is 3. The summed E-state index contributed by atoms with van der Waals surface area (Å²) in [6, 6.07) is -0.152. The normalized spacial score (nSPS) is 20.8. The number of rotatable bonds is 4. The van der Waals surface area contributed by atoms with E-state index in [0.29, 0.717) is 6.54 Å². The number of carbonyl (C=O) groups excluding carboxylic acids is 2. The number of hydrogen-bond acceptors (Lipinski definition) is 6. The summed E-state index contributed by atoms with van der Waals surface area (Å²) in [7, 11) is 0. The molecule has 1 atom stereocenters. The fourth-order valence-corrected chi connectivity index (χ4v) is 2.80. The van der Waals surface area contributed by atoms with Crippen LogP contribution in [0.15, 0.2) is 12.4 Å². The number of piperidine rings is 1. The van der Waals surface area contributed by atoms with Crippen molar-refractivity contribution in [1.29, 1.82) is 0 Å². The third-order valence-corrected chi connectivity index (χ3v) is 4.12. The van der Waals surface area contributed by atoms with Crippen LogP contribution in [-0.4, -0.2) is 56.9 Å². The van der Waals surface area contributed by atoms with Crippen molar-refractivity contribution in [3.8, 4) is 0 Å². The molecule has 1 aliphatic carbocycles. The first-order valence-corrected chi connectivity index (χ1v) is 7.72. The quantitative estimate of drug-likeness (QED) is 0.768. The van der Waals surface area contributed by atoms with Gasteiger partial charge in [-0.15, -0.1) is 0 Å². The first-order chi connectivity index (χ1) is 11.1. The molecular formula is C15H18N4O4. The van der Waals surface area contributed by atoms with Gasteiger partial charge in [-0.05, 0) is 32.2 Å². The molecular weight excluding hydrogens is 300 g/mol. The Hall–Kier alpha value is -2.35. The summed E-state index contributed by atoms with van der Waals surface area (Å²) in [5.74, 6) is -2.48. The average molecular weight is 318 g/mol. The van der Waals surface area contributed by atoms with Gasteiger partial charge in [-0.1, -0.05) is 0 Å². The second-order valence-corrected chi connectivity index (χ2v) is 5.85. The number of amides is 2. The summed E-state index contributed by atoms with van der Waals surface area (Å²) in [6.07, 6.45) is 5.59. The standard InChI is InChI=1S/C15H18N4O4/c20-13(9-2-1-5-16-8-9)19(10-3-4-10)14(21)11-12(15(22)23)18-7-6-17-11/h6-7,9-10,16H,1-5,8H2,(H,22,23). The predicted octanol–water partition coefficient (Wildman–Crippen LogP) is 0.306. The van der Waals surface area contributed by atoms with Crippen LogP contribution in [0.25, 0.3) is 0 Å². The van der Waals surface area contributed by atoms with Crippen LogP contribution in [0.3, 0.4) is 0 Å². The number of imide groups is 1. The topological polar surface area (TPSA) is 112 Å². The molecule has 122 valence electrons. The molecule has 2 amide bonds. The molecule has 0 spiro atoms. The molecule has 1 aromatic heterocycles. The van der Waals surface area contributed by atoms with E-state index >= 15 is 0 Å². The van der Waals surface area contributed by atoms with E-state index in [-0.39, 0.29) is 23.6 Å². The summed E-state index contributed by atoms with van der Waals surface area (Å²) in [6.45, 7) is 1.41. The van der Waals surface area contributed by atoms with E-state index in [1.165, 1.54) is 17.3 Å². The maximum atomic E-state index is 12.8. The smallest absolute Gasteiger partial charge is 0.356 e. The van der Waals surface area contributed by atoms with Crippen LogP contribution in [0.2, 0.25) is 0 Å². The Morgan fingerprint density at radius 2 is 1.83 bits per heavy atom. The number of aromatic carboxylic acids is 1. The lowest BCUT2D eigenvalue weighted by Crippen LogP contribution is -2.47. The molecule has 0 bridgehead atoms. The van der Waals surface area contributed by atoms with E-state index in [1.54, 1.807) is 0 Å². The lowest BCUT2D eigenvalue weighted by Gasteiger charge is -2.28. The Kier molecular flexibility index (Phi) is 4.33. The number of hydrogen-bond donors (Lipinski definition) is 2. The van der Waals surface area contributed by atoms with Crippen LogP contribution in [0.4, 0.5) is 0 Å². The Balaban J connectivity index is 1.88. The highest BCUT2D eigenvalue weighted by Crippen LogP contribution is 2.30. The van der Waals surface area contributed by atoms with Crippen molar-refractivity contribution in [3.63, 3.8) is 0 Å². The molecule has 1 saturated carbocycles. The fraction of sp³-hybridized carbons (Fsp3) is 0.533. The van der Waals surface area contributed by atoms with Crippen LogP contribution in [0, 0.1) is 5.92 Å². The Morgan fingerprint density at radius 1 is 1.13 bits per heavy atom. The van der Waals surface area contributed by atoms with E-state index in [0.717, 1.165) is 32.2 Å². The van der Waals surface area contributed by atoms with Crippen LogP contribution in [0.5, 0.6) is 0 Å². The van der Waals surface area contributed by atoms with Gasteiger partial charge in [0.15, 0.2) is 11.4 Å². The van der Waals surface area contributed by atoms with Crippen molar-refractivity contribution >= 4 is 17.8 Å². The highest BCUT2D eigenvalue weighted by atomic mass is 16.4. The Bertz CT molecular complexity index is 638. The van der Waals surface area contributed by atoms with Gasteiger partial charge in [0.2, 0.25) is 5.91 Å². The molecule has 8 heteroatoms. The maximum absolute atomic E-state index is 12.8. The number of nitrogens with one attached hydrogen (secondary N) is 1. The SMILES string of the molecule is O=C(O)c1nccnc1C(=O)N(C(=O)C1CCCNC1)C1CC1. The lowest BCUT2D eigenvalue weighted by atomic mass is 9.97. The van der Waals surface area contributed by atoms with Crippen LogP contribution >= 0.6 is 0 Å². The zero-order valence-corrected chi connectivity index (χ0v) is 12.6. The highest BCUT2D eigenvalue weighted by Gasteiger charge is 2.42. The second-order valence-electron chi connectivity index (χ2n) is 5.85. The van der Waals surface area contributed by atoms with E-state index in [9.17, 15) is 14.4 Å². The largest absolute Gasteiger partial charge is 0.476 e. The number of aromatic nitrogens is 2. The lowest BCUT2D eigenvalue weighted by molar-refractivity contribution is -0.133. The number of carboxylic acid groups (broad SMARTS) is 1. The van der Waals surface area contributed by atoms with Gasteiger partial charge in [0.25, 0.3) is 5.91 Å². The highest BCUT2D eigenvalue weighted by molar-refractivity contribution is 6.09. The molecule has 0 aromatic carbocycles. The molecule has 1 aromatic rings. The monoisotopic (exact) mass is 318 g/mol. The van der Waals surface area contributed by atoms with Crippen molar-refractivity contribution in [3.05, 3.63) is 23.8 Å². The fourth-order valence-electron chi connectivity index (χ4n) is 2.80. The average Bonchev–Trinajstić information content (AvgIpc) is 3.40. The van der Waals surface area contributed by atoms with Crippen LogP contribution in [-0.2, 0) is 4.79 Å². The minimum absolute atomic E-state index is 0.152. The minimum Gasteiger partial charge on any atom is -0.476 e. The number of nitrogens with zero attached hydrogens (tertiary/aromatic N) is 3. The van der Waals surface area contributed by atoms with Crippen molar-refractivity contribution in [2.24, 2.45) is 5.92 Å². The van der Waals surface area contributed by atoms with Crippen LogP contribution < -0.4 is 5.32 Å². The molecule has 1 unspecified atom stereocenters. The molecule has 1 aliphatic heterocycles. The summed E-state index contributed by atoms with van der Waals surface area (Å²) >= 11 is 0. The van der Waals surface area contributed by atoms with E-state index in [2.05, 4.69) is 15.3 Å². The van der Waals surface area contributed by atoms with Gasteiger partial charge < -0.3 is 10.4 Å². The molecule has 2 heterocycles. The van der Waals surface area contributed by atoms with E-state index < -0.39 is 17.6 Å². The van der Waals surface area contributed by atoms with Crippen molar-refractivity contribution in [2.75, 3.05) is 13.1 Å². The van der Waals surface area contributed by atoms with Crippen molar-refractivity contribution in [1.82, 2.24) is 20.2 Å². The third kappa shape index (κ3) is 3.21. The molecule has 2 fully saturated rings. The third-order valence-electron chi connectivity index (χ3n) is 4.12. The second kappa shape index (κ2) is 6.41. The van der Waals surface area contributed by atoms with Gasteiger partial charge in [0, 0.05) is 25.0 Å². The molecule has 23 heavy (non-hydrogen) atoms. The zero-order chi connectivity index (χ0) is 16.4. The summed E-state index contributed by atoms with van der Waals surface area (Å²) < 4.78 is 0. The van der Waals surface area contributed by atoms with Crippen molar-refractivity contribution in [2.45, 2.75) is 31.7 Å². The van der Waals surface area contributed by atoms with Gasteiger partial charge in [-0.3, -0.25) is 14.5 Å². The van der Waals surface area contributed by atoms with E-state index in [1.807, 2.05) is 0 Å². The van der Waals surface area contributed by atoms with Gasteiger partial charge in [0.1, 0.15) is 0 Å². The predicted molar refractivity (Wildman–Crippen MR) is 78.8 cm³/mol. The summed E-state index contributed by atoms with van der Waals surface area (Å²) in [4.78, 5) is 45.5. The molecule has 2 aliphatic rings. The first kappa shape index (κ1) is 15.5. The zero-order valence-electron chi connectivity index (χ0n) is 12.6. The van der Waals surface area contributed by atoms with Crippen molar-refractivity contribution < 1.29 is 19.5 Å². The Labute approximate surface area is 132 Å². The van der Waals surface area contributed by atoms with Gasteiger partial charge in [-0.2, -0.15) is 0 Å². The molecule has 3 rings (SSSR count). The summed E-state index contributed by atoms with van der Waals surface area (Å²) in [5, 5.41) is 12.3. The first-order valence-electron chi connectivity index (χ1n) is 7.72. The van der Waals surface area contributed by atoms with Gasteiger partial charge >= 0.3 is 5.97 Å². The molecule has 1 saturated heterocycles. The Morgan fingerprint density at radius 3 is 2.39 bits per heavy atom. The maximum Gasteiger partial charge on any atom is 0.356 e. The molecule has 0 radical (unpaired) electrons. The summed E-state index contributed by atoms with van der Waals surface area (Å²) in [5.41, 5.74) is -0.693. The molecule has 2 N–H and O–H groups in total. The number of carboxylic acids is 1. The van der Waals surface area contributed by atoms with Gasteiger partial charge in [0.05, 0.1) is 5.92 Å². The van der Waals surface area contributed by atoms with Gasteiger partial charge in [-0.25, -0.2) is 14.8 Å². The van der Waals surface area contributed by atoms with E-state index in [4.69, 9.17) is 5.11 Å². The minimum atomic E-state index is -1.33. The molecule has 8 nitrogen and oxygen atoms in total.